The highest BCUT2D eigenvalue weighted by Crippen LogP contribution is 2.33. The SMILES string of the molecule is CN=C(NCC1CCN(CCOC)CC1)N1CCC(c2cc(OC)cc(OC)c2)C1. The lowest BCUT2D eigenvalue weighted by Crippen LogP contribution is -2.44. The van der Waals surface area contributed by atoms with Gasteiger partial charge in [-0.25, -0.2) is 0 Å². The van der Waals surface area contributed by atoms with E-state index in [4.69, 9.17) is 14.2 Å². The lowest BCUT2D eigenvalue weighted by molar-refractivity contribution is 0.120. The third-order valence-electron chi connectivity index (χ3n) is 6.41. The zero-order valence-corrected chi connectivity index (χ0v) is 19.0. The Bertz CT molecular complexity index is 667. The molecule has 0 amide bonds. The van der Waals surface area contributed by atoms with Crippen molar-refractivity contribution in [2.75, 3.05) is 74.3 Å². The number of hydrogen-bond acceptors (Lipinski definition) is 5. The van der Waals surface area contributed by atoms with E-state index >= 15 is 0 Å². The zero-order chi connectivity index (χ0) is 21.3. The number of rotatable bonds is 8. The minimum atomic E-state index is 0.455. The average molecular weight is 419 g/mol. The third kappa shape index (κ3) is 6.01. The van der Waals surface area contributed by atoms with Gasteiger partial charge in [-0.15, -0.1) is 0 Å². The summed E-state index contributed by atoms with van der Waals surface area (Å²) in [5.41, 5.74) is 1.27. The van der Waals surface area contributed by atoms with Gasteiger partial charge in [0.2, 0.25) is 0 Å². The molecular formula is C23H38N4O3. The number of piperidine rings is 1. The second kappa shape index (κ2) is 11.4. The van der Waals surface area contributed by atoms with Crippen molar-refractivity contribution in [1.29, 1.82) is 0 Å². The first-order valence-corrected chi connectivity index (χ1v) is 11.1. The maximum atomic E-state index is 5.45. The zero-order valence-electron chi connectivity index (χ0n) is 19.0. The molecule has 0 bridgehead atoms. The molecule has 0 spiro atoms. The minimum Gasteiger partial charge on any atom is -0.497 e. The third-order valence-corrected chi connectivity index (χ3v) is 6.41. The van der Waals surface area contributed by atoms with Crippen LogP contribution in [0.2, 0.25) is 0 Å². The molecule has 0 radical (unpaired) electrons. The van der Waals surface area contributed by atoms with Crippen molar-refractivity contribution < 1.29 is 14.2 Å². The number of hydrogen-bond donors (Lipinski definition) is 1. The van der Waals surface area contributed by atoms with Gasteiger partial charge in [0.1, 0.15) is 11.5 Å². The van der Waals surface area contributed by atoms with E-state index in [0.717, 1.165) is 69.8 Å². The van der Waals surface area contributed by atoms with Crippen LogP contribution in [0.15, 0.2) is 23.2 Å². The van der Waals surface area contributed by atoms with Gasteiger partial charge < -0.3 is 29.3 Å². The van der Waals surface area contributed by atoms with Crippen LogP contribution in [0.3, 0.4) is 0 Å². The molecule has 2 aliphatic rings. The second-order valence-electron chi connectivity index (χ2n) is 8.28. The molecule has 30 heavy (non-hydrogen) atoms. The maximum Gasteiger partial charge on any atom is 0.193 e. The van der Waals surface area contributed by atoms with Crippen LogP contribution in [0.4, 0.5) is 0 Å². The summed E-state index contributed by atoms with van der Waals surface area (Å²) >= 11 is 0. The fraction of sp³-hybridized carbons (Fsp3) is 0.696. The van der Waals surface area contributed by atoms with Crippen LogP contribution in [0.25, 0.3) is 0 Å². The van der Waals surface area contributed by atoms with Crippen molar-refractivity contribution in [3.8, 4) is 11.5 Å². The molecule has 2 heterocycles. The maximum absolute atomic E-state index is 5.45. The van der Waals surface area contributed by atoms with Crippen LogP contribution in [0.5, 0.6) is 11.5 Å². The molecule has 1 aromatic rings. The van der Waals surface area contributed by atoms with Gasteiger partial charge in [-0.3, -0.25) is 4.99 Å². The Morgan fingerprint density at radius 2 is 1.73 bits per heavy atom. The van der Waals surface area contributed by atoms with Crippen molar-refractivity contribution in [3.05, 3.63) is 23.8 Å². The van der Waals surface area contributed by atoms with E-state index < -0.39 is 0 Å². The molecule has 1 atom stereocenters. The lowest BCUT2D eigenvalue weighted by Gasteiger charge is -2.32. The van der Waals surface area contributed by atoms with E-state index in [2.05, 4.69) is 32.2 Å². The molecule has 2 aliphatic heterocycles. The van der Waals surface area contributed by atoms with Gasteiger partial charge in [-0.05, 0) is 56.0 Å². The van der Waals surface area contributed by atoms with Gasteiger partial charge in [-0.2, -0.15) is 0 Å². The molecular weight excluding hydrogens is 380 g/mol. The van der Waals surface area contributed by atoms with Gasteiger partial charge in [0.25, 0.3) is 0 Å². The topological polar surface area (TPSA) is 58.6 Å². The molecule has 7 heteroatoms. The standard InChI is InChI=1S/C23H38N4O3/c1-24-23(25-16-18-5-8-26(9-6-18)11-12-28-2)27-10-7-19(17-27)20-13-21(29-3)15-22(14-20)30-4/h13-15,18-19H,5-12,16-17H2,1-4H3,(H,24,25). The van der Waals surface area contributed by atoms with E-state index in [1.54, 1.807) is 21.3 Å². The van der Waals surface area contributed by atoms with Gasteiger partial charge in [0.05, 0.1) is 20.8 Å². The van der Waals surface area contributed by atoms with E-state index in [0.29, 0.717) is 11.8 Å². The number of likely N-dealkylation sites (tertiary alicyclic amines) is 2. The van der Waals surface area contributed by atoms with Crippen molar-refractivity contribution in [2.45, 2.75) is 25.2 Å². The summed E-state index contributed by atoms with van der Waals surface area (Å²) in [7, 11) is 7.06. The van der Waals surface area contributed by atoms with Crippen molar-refractivity contribution in [1.82, 2.24) is 15.1 Å². The second-order valence-corrected chi connectivity index (χ2v) is 8.28. The van der Waals surface area contributed by atoms with Crippen molar-refractivity contribution >= 4 is 5.96 Å². The molecule has 0 aliphatic carbocycles. The van der Waals surface area contributed by atoms with Crippen molar-refractivity contribution in [2.24, 2.45) is 10.9 Å². The Morgan fingerprint density at radius 1 is 1.03 bits per heavy atom. The number of nitrogens with one attached hydrogen (secondary N) is 1. The number of ether oxygens (including phenoxy) is 3. The van der Waals surface area contributed by atoms with Crippen LogP contribution < -0.4 is 14.8 Å². The summed E-state index contributed by atoms with van der Waals surface area (Å²) in [6.07, 6.45) is 3.58. The summed E-state index contributed by atoms with van der Waals surface area (Å²) in [6.45, 7) is 7.17. The fourth-order valence-corrected chi connectivity index (χ4v) is 4.49. The largest absolute Gasteiger partial charge is 0.497 e. The van der Waals surface area contributed by atoms with E-state index in [1.807, 2.05) is 13.1 Å². The predicted molar refractivity (Wildman–Crippen MR) is 121 cm³/mol. The summed E-state index contributed by atoms with van der Waals surface area (Å²) < 4.78 is 16.1. The van der Waals surface area contributed by atoms with E-state index in [9.17, 15) is 0 Å². The van der Waals surface area contributed by atoms with Crippen LogP contribution in [-0.4, -0.2) is 90.0 Å². The van der Waals surface area contributed by atoms with Crippen LogP contribution >= 0.6 is 0 Å². The highest BCUT2D eigenvalue weighted by Gasteiger charge is 2.27. The van der Waals surface area contributed by atoms with Gasteiger partial charge >= 0.3 is 0 Å². The fourth-order valence-electron chi connectivity index (χ4n) is 4.49. The molecule has 168 valence electrons. The number of nitrogens with zero attached hydrogens (tertiary/aromatic N) is 3. The normalized spacial score (nSPS) is 21.1. The number of aliphatic imine (C=N–C) groups is 1. The van der Waals surface area contributed by atoms with Crippen LogP contribution in [0.1, 0.15) is 30.7 Å². The quantitative estimate of drug-likeness (QED) is 0.517. The molecule has 1 N–H and O–H groups in total. The highest BCUT2D eigenvalue weighted by atomic mass is 16.5. The Kier molecular flexibility index (Phi) is 8.63. The Morgan fingerprint density at radius 3 is 2.33 bits per heavy atom. The first-order valence-electron chi connectivity index (χ1n) is 11.1. The van der Waals surface area contributed by atoms with E-state index in [-0.39, 0.29) is 0 Å². The predicted octanol–water partition coefficient (Wildman–Crippen LogP) is 2.43. The molecule has 1 aromatic carbocycles. The monoisotopic (exact) mass is 418 g/mol. The Labute approximate surface area is 181 Å². The molecule has 0 aromatic heterocycles. The van der Waals surface area contributed by atoms with Crippen LogP contribution in [-0.2, 0) is 4.74 Å². The number of methoxy groups -OCH3 is 3. The molecule has 2 fully saturated rings. The van der Waals surface area contributed by atoms with Crippen LogP contribution in [0, 0.1) is 5.92 Å². The molecule has 3 rings (SSSR count). The Hall–Kier alpha value is -1.99. The molecule has 0 saturated carbocycles. The van der Waals surface area contributed by atoms with Crippen molar-refractivity contribution in [3.63, 3.8) is 0 Å². The average Bonchev–Trinajstić information content (AvgIpc) is 3.28. The summed E-state index contributed by atoms with van der Waals surface area (Å²) in [5.74, 6) is 3.89. The first kappa shape index (κ1) is 22.7. The smallest absolute Gasteiger partial charge is 0.193 e. The molecule has 2 saturated heterocycles. The van der Waals surface area contributed by atoms with E-state index in [1.165, 1.54) is 18.4 Å². The van der Waals surface area contributed by atoms with Gasteiger partial charge in [0, 0.05) is 52.3 Å². The number of benzene rings is 1. The summed E-state index contributed by atoms with van der Waals surface area (Å²) in [4.78, 5) is 9.44. The molecule has 7 nitrogen and oxygen atoms in total. The van der Waals surface area contributed by atoms with Gasteiger partial charge in [-0.1, -0.05) is 0 Å². The summed E-state index contributed by atoms with van der Waals surface area (Å²) in [5, 5.41) is 3.64. The minimum absolute atomic E-state index is 0.455. The lowest BCUT2D eigenvalue weighted by atomic mass is 9.97. The summed E-state index contributed by atoms with van der Waals surface area (Å²) in [6, 6.07) is 6.19. The Balaban J connectivity index is 1.49. The highest BCUT2D eigenvalue weighted by molar-refractivity contribution is 5.80. The van der Waals surface area contributed by atoms with Gasteiger partial charge in [0.15, 0.2) is 5.96 Å². The number of guanidine groups is 1. The molecule has 1 unspecified atom stereocenters. The first-order chi connectivity index (χ1) is 14.7.